The van der Waals surface area contributed by atoms with Crippen LogP contribution in [0.4, 0.5) is 0 Å². The number of thiazole rings is 1. The minimum absolute atomic E-state index is 0.263. The van der Waals surface area contributed by atoms with Crippen LogP contribution in [0.25, 0.3) is 6.08 Å². The smallest absolute Gasteiger partial charge is 0.338 e. The first-order valence-corrected chi connectivity index (χ1v) is 14.2. The lowest BCUT2D eigenvalue weighted by molar-refractivity contribution is -0.143. The van der Waals surface area contributed by atoms with Gasteiger partial charge in [0.15, 0.2) is 9.89 Å². The SMILES string of the molecule is COc1ccc(OC)c([C@H]2C(C(=O)OC(C)C)=C(C)N=c3s/c(=C/c4ccc(Sc5ccccc5)o4)c(=O)n32)c1. The van der Waals surface area contributed by atoms with Crippen molar-refractivity contribution in [3.05, 3.63) is 103 Å². The van der Waals surface area contributed by atoms with E-state index in [4.69, 9.17) is 18.6 Å². The van der Waals surface area contributed by atoms with E-state index in [1.807, 2.05) is 42.5 Å². The number of rotatable bonds is 8. The maximum absolute atomic E-state index is 13.9. The fourth-order valence-corrected chi connectivity index (χ4v) is 6.23. The molecule has 1 aliphatic rings. The fourth-order valence-electron chi connectivity index (χ4n) is 4.41. The lowest BCUT2D eigenvalue weighted by Crippen LogP contribution is -2.40. The number of ether oxygens (including phenoxy) is 3. The van der Waals surface area contributed by atoms with E-state index in [9.17, 15) is 9.59 Å². The number of benzene rings is 2. The van der Waals surface area contributed by atoms with Gasteiger partial charge in [-0.2, -0.15) is 0 Å². The molecule has 0 spiro atoms. The van der Waals surface area contributed by atoms with Gasteiger partial charge in [0.25, 0.3) is 5.56 Å². The van der Waals surface area contributed by atoms with Crippen LogP contribution in [0.5, 0.6) is 11.5 Å². The van der Waals surface area contributed by atoms with Crippen molar-refractivity contribution in [2.45, 2.75) is 42.9 Å². The van der Waals surface area contributed by atoms with Gasteiger partial charge in [-0.15, -0.1) is 0 Å². The van der Waals surface area contributed by atoms with Crippen molar-refractivity contribution in [3.8, 4) is 11.5 Å². The molecule has 10 heteroatoms. The summed E-state index contributed by atoms with van der Waals surface area (Å²) in [5.74, 6) is 1.05. The molecule has 2 aromatic carbocycles. The highest BCUT2D eigenvalue weighted by Gasteiger charge is 2.35. The van der Waals surface area contributed by atoms with E-state index in [2.05, 4.69) is 4.99 Å². The summed E-state index contributed by atoms with van der Waals surface area (Å²) in [7, 11) is 3.10. The van der Waals surface area contributed by atoms with E-state index < -0.39 is 12.0 Å². The third-order valence-electron chi connectivity index (χ3n) is 6.15. The van der Waals surface area contributed by atoms with Crippen LogP contribution in [-0.2, 0) is 9.53 Å². The molecule has 1 aliphatic heterocycles. The van der Waals surface area contributed by atoms with Crippen LogP contribution in [0.1, 0.15) is 38.1 Å². The molecular formula is C30H28N2O6S2. The third kappa shape index (κ3) is 5.50. The molecule has 0 amide bonds. The van der Waals surface area contributed by atoms with Crippen molar-refractivity contribution in [1.29, 1.82) is 0 Å². The van der Waals surface area contributed by atoms with E-state index in [1.165, 1.54) is 27.7 Å². The summed E-state index contributed by atoms with van der Waals surface area (Å²) >= 11 is 2.72. The van der Waals surface area contributed by atoms with Crippen molar-refractivity contribution in [3.63, 3.8) is 0 Å². The van der Waals surface area contributed by atoms with Crippen LogP contribution in [0.15, 0.2) is 96.1 Å². The Morgan fingerprint density at radius 3 is 2.58 bits per heavy atom. The van der Waals surface area contributed by atoms with Crippen molar-refractivity contribution < 1.29 is 23.4 Å². The average molecular weight is 577 g/mol. The molecule has 0 fully saturated rings. The summed E-state index contributed by atoms with van der Waals surface area (Å²) in [6.45, 7) is 5.29. The van der Waals surface area contributed by atoms with Gasteiger partial charge in [-0.1, -0.05) is 41.3 Å². The normalized spacial score (nSPS) is 15.2. The molecule has 3 heterocycles. The maximum Gasteiger partial charge on any atom is 0.338 e. The van der Waals surface area contributed by atoms with Crippen LogP contribution >= 0.6 is 23.1 Å². The molecular weight excluding hydrogens is 548 g/mol. The summed E-state index contributed by atoms with van der Waals surface area (Å²) in [5, 5.41) is 0.707. The average Bonchev–Trinajstić information content (AvgIpc) is 3.50. The number of nitrogens with zero attached hydrogens (tertiary/aromatic N) is 2. The zero-order chi connectivity index (χ0) is 28.4. The molecule has 40 heavy (non-hydrogen) atoms. The first kappa shape index (κ1) is 27.5. The lowest BCUT2D eigenvalue weighted by Gasteiger charge is -2.26. The second-order valence-corrected chi connectivity index (χ2v) is 11.3. The second kappa shape index (κ2) is 11.6. The number of allylic oxidation sites excluding steroid dienone is 1. The summed E-state index contributed by atoms with van der Waals surface area (Å²) in [6, 6.07) is 18.0. The van der Waals surface area contributed by atoms with Gasteiger partial charge in [-0.05, 0) is 63.2 Å². The Balaban J connectivity index is 1.64. The molecule has 0 N–H and O–H groups in total. The van der Waals surface area contributed by atoms with Gasteiger partial charge in [0.1, 0.15) is 23.3 Å². The molecule has 0 bridgehead atoms. The van der Waals surface area contributed by atoms with E-state index in [0.717, 1.165) is 4.90 Å². The first-order valence-electron chi connectivity index (χ1n) is 12.6. The number of aromatic nitrogens is 1. The van der Waals surface area contributed by atoms with Gasteiger partial charge in [-0.3, -0.25) is 9.36 Å². The molecule has 0 radical (unpaired) electrons. The van der Waals surface area contributed by atoms with E-state index in [-0.39, 0.29) is 17.2 Å². The summed E-state index contributed by atoms with van der Waals surface area (Å²) in [4.78, 5) is 33.5. The number of esters is 1. The van der Waals surface area contributed by atoms with Gasteiger partial charge in [0, 0.05) is 16.5 Å². The fraction of sp³-hybridized carbons (Fsp3) is 0.233. The number of furan rings is 1. The van der Waals surface area contributed by atoms with Crippen molar-refractivity contribution >= 4 is 35.1 Å². The number of fused-ring (bicyclic) bond motifs is 1. The Bertz CT molecular complexity index is 1770. The number of hydrogen-bond donors (Lipinski definition) is 0. The van der Waals surface area contributed by atoms with Crippen LogP contribution in [0.2, 0.25) is 0 Å². The van der Waals surface area contributed by atoms with Gasteiger partial charge in [0.05, 0.1) is 36.1 Å². The number of carbonyl (C=O) groups is 1. The predicted molar refractivity (Wildman–Crippen MR) is 154 cm³/mol. The standard InChI is InChI=1S/C30H28N2O6S2/c1-17(2)37-29(34)26-18(3)31-30-32(27(26)22-15-19(35-4)11-13-23(22)36-5)28(33)24(40-30)16-20-12-14-25(38-20)39-21-9-7-6-8-10-21/h6-17,27H,1-5H3/b24-16+/t27-/m0/s1. The maximum atomic E-state index is 13.9. The van der Waals surface area contributed by atoms with Crippen molar-refractivity contribution in [1.82, 2.24) is 4.57 Å². The zero-order valence-electron chi connectivity index (χ0n) is 22.7. The number of carbonyl (C=O) groups excluding carboxylic acids is 1. The van der Waals surface area contributed by atoms with Gasteiger partial charge < -0.3 is 18.6 Å². The molecule has 5 rings (SSSR count). The molecule has 0 saturated carbocycles. The first-order chi connectivity index (χ1) is 19.3. The molecule has 206 valence electrons. The molecule has 0 unspecified atom stereocenters. The molecule has 0 aliphatic carbocycles. The Kier molecular flexibility index (Phi) is 7.99. The van der Waals surface area contributed by atoms with Crippen molar-refractivity contribution in [2.75, 3.05) is 14.2 Å². The summed E-state index contributed by atoms with van der Waals surface area (Å²) < 4.78 is 24.6. The predicted octanol–water partition coefficient (Wildman–Crippen LogP) is 4.95. The highest BCUT2D eigenvalue weighted by Crippen LogP contribution is 2.38. The van der Waals surface area contributed by atoms with Gasteiger partial charge in [0.2, 0.25) is 0 Å². The van der Waals surface area contributed by atoms with Gasteiger partial charge in [-0.25, -0.2) is 9.79 Å². The minimum Gasteiger partial charge on any atom is -0.497 e. The third-order valence-corrected chi connectivity index (χ3v) is 8.06. The largest absolute Gasteiger partial charge is 0.497 e. The van der Waals surface area contributed by atoms with Crippen LogP contribution in [0, 0.1) is 0 Å². The second-order valence-electron chi connectivity index (χ2n) is 9.22. The Morgan fingerprint density at radius 1 is 1.10 bits per heavy atom. The Morgan fingerprint density at radius 2 is 1.88 bits per heavy atom. The van der Waals surface area contributed by atoms with Crippen molar-refractivity contribution in [2.24, 2.45) is 4.99 Å². The quantitative estimate of drug-likeness (QED) is 0.274. The monoisotopic (exact) mass is 576 g/mol. The lowest BCUT2D eigenvalue weighted by atomic mass is 9.94. The number of methoxy groups -OCH3 is 2. The Labute approximate surface area is 239 Å². The molecule has 4 aromatic rings. The van der Waals surface area contributed by atoms with E-state index >= 15 is 0 Å². The Hall–Kier alpha value is -4.02. The van der Waals surface area contributed by atoms with Gasteiger partial charge >= 0.3 is 5.97 Å². The molecule has 2 aromatic heterocycles. The highest BCUT2D eigenvalue weighted by molar-refractivity contribution is 7.99. The minimum atomic E-state index is -0.838. The highest BCUT2D eigenvalue weighted by atomic mass is 32.2. The molecule has 0 saturated heterocycles. The van der Waals surface area contributed by atoms with Crippen LogP contribution in [-0.4, -0.2) is 30.9 Å². The van der Waals surface area contributed by atoms with Crippen LogP contribution in [0.3, 0.4) is 0 Å². The van der Waals surface area contributed by atoms with E-state index in [0.29, 0.717) is 42.9 Å². The summed E-state index contributed by atoms with van der Waals surface area (Å²) in [5.41, 5.74) is 1.00. The summed E-state index contributed by atoms with van der Waals surface area (Å²) in [6.07, 6.45) is 1.34. The molecule has 8 nitrogen and oxygen atoms in total. The topological polar surface area (TPSA) is 92.3 Å². The van der Waals surface area contributed by atoms with E-state index in [1.54, 1.807) is 59.3 Å². The van der Waals surface area contributed by atoms with Crippen LogP contribution < -0.4 is 24.4 Å². The molecule has 1 atom stereocenters. The number of hydrogen-bond acceptors (Lipinski definition) is 9. The zero-order valence-corrected chi connectivity index (χ0v) is 24.3.